The number of hydrogen-bond acceptors (Lipinski definition) is 7. The molecular formula is C25H28N6O4. The number of pyridine rings is 1. The average Bonchev–Trinajstić information content (AvgIpc) is 3.32. The standard InChI is InChI=1S/C25H28N6O4/c1-3-35-25(33)30-12-10-16-14-20(34-2)18(13-17(16)15-30)24(32)27-21-8-6-7-19(26-21)23-29-28-22-9-4-5-11-31(22)23/h6-8,13-14H,3-5,9-12,15H2,1-2H3,(H,26,27,32). The first kappa shape index (κ1) is 22.8. The number of fused-ring (bicyclic) bond motifs is 2. The third-order valence-electron chi connectivity index (χ3n) is 6.38. The van der Waals surface area contributed by atoms with Gasteiger partial charge in [-0.25, -0.2) is 9.78 Å². The number of methoxy groups -OCH3 is 1. The predicted molar refractivity (Wildman–Crippen MR) is 128 cm³/mol. The Hall–Kier alpha value is -3.95. The molecule has 10 heteroatoms. The quantitative estimate of drug-likeness (QED) is 0.600. The first-order valence-corrected chi connectivity index (χ1v) is 11.9. The second-order valence-corrected chi connectivity index (χ2v) is 8.60. The summed E-state index contributed by atoms with van der Waals surface area (Å²) in [6.45, 7) is 3.91. The second kappa shape index (κ2) is 9.73. The smallest absolute Gasteiger partial charge is 0.410 e. The first-order chi connectivity index (χ1) is 17.1. The van der Waals surface area contributed by atoms with Crippen molar-refractivity contribution >= 4 is 17.8 Å². The van der Waals surface area contributed by atoms with E-state index in [0.717, 1.165) is 42.8 Å². The van der Waals surface area contributed by atoms with E-state index in [-0.39, 0.29) is 12.0 Å². The third-order valence-corrected chi connectivity index (χ3v) is 6.38. The lowest BCUT2D eigenvalue weighted by atomic mass is 9.96. The summed E-state index contributed by atoms with van der Waals surface area (Å²) in [5.74, 6) is 2.23. The summed E-state index contributed by atoms with van der Waals surface area (Å²) in [6, 6.07) is 9.10. The highest BCUT2D eigenvalue weighted by Gasteiger charge is 2.25. The summed E-state index contributed by atoms with van der Waals surface area (Å²) in [5, 5.41) is 11.5. The second-order valence-electron chi connectivity index (χ2n) is 8.60. The van der Waals surface area contributed by atoms with E-state index < -0.39 is 0 Å². The van der Waals surface area contributed by atoms with Crippen LogP contribution in [0.2, 0.25) is 0 Å². The minimum Gasteiger partial charge on any atom is -0.496 e. The number of hydrogen-bond donors (Lipinski definition) is 1. The molecule has 5 rings (SSSR count). The molecule has 0 saturated carbocycles. The van der Waals surface area contributed by atoms with Crippen LogP contribution in [0.4, 0.5) is 10.6 Å². The molecule has 182 valence electrons. The SMILES string of the molecule is CCOC(=O)N1CCc2cc(OC)c(C(=O)Nc3cccc(-c4nnc5n4CCCC5)n3)cc2C1. The van der Waals surface area contributed by atoms with Gasteiger partial charge in [0, 0.05) is 26.1 Å². The van der Waals surface area contributed by atoms with Gasteiger partial charge in [-0.1, -0.05) is 6.07 Å². The van der Waals surface area contributed by atoms with Gasteiger partial charge in [0.15, 0.2) is 5.82 Å². The molecule has 1 N–H and O–H groups in total. The van der Waals surface area contributed by atoms with Gasteiger partial charge in [0.25, 0.3) is 5.91 Å². The van der Waals surface area contributed by atoms with Crippen molar-refractivity contribution < 1.29 is 19.1 Å². The van der Waals surface area contributed by atoms with Gasteiger partial charge >= 0.3 is 6.09 Å². The van der Waals surface area contributed by atoms with E-state index in [9.17, 15) is 9.59 Å². The Morgan fingerprint density at radius 1 is 1.09 bits per heavy atom. The number of nitrogens with one attached hydrogen (secondary N) is 1. The van der Waals surface area contributed by atoms with Crippen molar-refractivity contribution in [2.45, 2.75) is 45.7 Å². The van der Waals surface area contributed by atoms with Crippen LogP contribution in [0.5, 0.6) is 5.75 Å². The highest BCUT2D eigenvalue weighted by atomic mass is 16.6. The minimum atomic E-state index is -0.350. The Labute approximate surface area is 203 Å². The third kappa shape index (κ3) is 4.55. The lowest BCUT2D eigenvalue weighted by Gasteiger charge is -2.28. The highest BCUT2D eigenvalue weighted by Crippen LogP contribution is 2.29. The fraction of sp³-hybridized carbons (Fsp3) is 0.400. The van der Waals surface area contributed by atoms with E-state index in [1.54, 1.807) is 31.1 Å². The van der Waals surface area contributed by atoms with Gasteiger partial charge in [-0.2, -0.15) is 0 Å². The fourth-order valence-corrected chi connectivity index (χ4v) is 4.61. The number of aryl methyl sites for hydroxylation is 1. The first-order valence-electron chi connectivity index (χ1n) is 11.9. The molecule has 3 aromatic rings. The van der Waals surface area contributed by atoms with Crippen molar-refractivity contribution in [1.82, 2.24) is 24.6 Å². The lowest BCUT2D eigenvalue weighted by molar-refractivity contribution is 0.102. The van der Waals surface area contributed by atoms with Crippen LogP contribution < -0.4 is 10.1 Å². The van der Waals surface area contributed by atoms with Crippen LogP contribution in [0.3, 0.4) is 0 Å². The monoisotopic (exact) mass is 476 g/mol. The molecule has 0 fully saturated rings. The molecule has 4 heterocycles. The van der Waals surface area contributed by atoms with E-state index in [2.05, 4.69) is 25.1 Å². The number of ether oxygens (including phenoxy) is 2. The molecule has 0 atom stereocenters. The number of carbonyl (C=O) groups is 2. The number of anilines is 1. The van der Waals surface area contributed by atoms with Crippen molar-refractivity contribution in [3.8, 4) is 17.3 Å². The molecule has 1 aromatic carbocycles. The number of rotatable bonds is 5. The van der Waals surface area contributed by atoms with Crippen LogP contribution in [0.15, 0.2) is 30.3 Å². The average molecular weight is 477 g/mol. The molecule has 2 aliphatic rings. The van der Waals surface area contributed by atoms with Gasteiger partial charge < -0.3 is 24.3 Å². The molecule has 2 amide bonds. The van der Waals surface area contributed by atoms with E-state index in [1.807, 2.05) is 18.2 Å². The van der Waals surface area contributed by atoms with E-state index >= 15 is 0 Å². The molecule has 0 saturated heterocycles. The minimum absolute atomic E-state index is 0.322. The number of aromatic nitrogens is 4. The molecule has 0 bridgehead atoms. The molecular weight excluding hydrogens is 448 g/mol. The van der Waals surface area contributed by atoms with Crippen molar-refractivity contribution in [2.75, 3.05) is 25.6 Å². The topological polar surface area (TPSA) is 111 Å². The Balaban J connectivity index is 1.38. The van der Waals surface area contributed by atoms with Crippen LogP contribution >= 0.6 is 0 Å². The number of amides is 2. The predicted octanol–water partition coefficient (Wildman–Crippen LogP) is 3.45. The van der Waals surface area contributed by atoms with Gasteiger partial charge in [0.2, 0.25) is 0 Å². The Bertz CT molecular complexity index is 1270. The largest absolute Gasteiger partial charge is 0.496 e. The van der Waals surface area contributed by atoms with E-state index in [0.29, 0.717) is 54.8 Å². The molecule has 2 aromatic heterocycles. The van der Waals surface area contributed by atoms with Crippen LogP contribution in [0, 0.1) is 0 Å². The molecule has 0 aliphatic carbocycles. The van der Waals surface area contributed by atoms with Crippen molar-refractivity contribution in [3.05, 3.63) is 52.8 Å². The zero-order valence-electron chi connectivity index (χ0n) is 19.9. The highest BCUT2D eigenvalue weighted by molar-refractivity contribution is 6.06. The summed E-state index contributed by atoms with van der Waals surface area (Å²) >= 11 is 0. The summed E-state index contributed by atoms with van der Waals surface area (Å²) in [5.41, 5.74) is 2.98. The molecule has 0 spiro atoms. The number of benzene rings is 1. The molecule has 10 nitrogen and oxygen atoms in total. The van der Waals surface area contributed by atoms with Crippen molar-refractivity contribution in [3.63, 3.8) is 0 Å². The zero-order chi connectivity index (χ0) is 24.4. The van der Waals surface area contributed by atoms with Crippen LogP contribution in [-0.4, -0.2) is 56.9 Å². The lowest BCUT2D eigenvalue weighted by Crippen LogP contribution is -2.36. The summed E-state index contributed by atoms with van der Waals surface area (Å²) in [4.78, 5) is 31.7. The Morgan fingerprint density at radius 3 is 2.80 bits per heavy atom. The van der Waals surface area contributed by atoms with Crippen LogP contribution in [0.1, 0.15) is 47.1 Å². The van der Waals surface area contributed by atoms with E-state index in [1.165, 1.54) is 0 Å². The van der Waals surface area contributed by atoms with Gasteiger partial charge in [-0.15, -0.1) is 10.2 Å². The molecule has 35 heavy (non-hydrogen) atoms. The molecule has 0 radical (unpaired) electrons. The van der Waals surface area contributed by atoms with Gasteiger partial charge in [0.05, 0.1) is 19.3 Å². The number of carbonyl (C=O) groups excluding carboxylic acids is 2. The van der Waals surface area contributed by atoms with Crippen LogP contribution in [-0.2, 0) is 30.7 Å². The van der Waals surface area contributed by atoms with E-state index in [4.69, 9.17) is 9.47 Å². The van der Waals surface area contributed by atoms with Gasteiger partial charge in [-0.05, 0) is 61.6 Å². The maximum atomic E-state index is 13.3. The summed E-state index contributed by atoms with van der Waals surface area (Å²) in [7, 11) is 1.54. The zero-order valence-corrected chi connectivity index (χ0v) is 19.9. The van der Waals surface area contributed by atoms with Crippen molar-refractivity contribution in [2.24, 2.45) is 0 Å². The summed E-state index contributed by atoms with van der Waals surface area (Å²) in [6.07, 6.45) is 3.42. The summed E-state index contributed by atoms with van der Waals surface area (Å²) < 4.78 is 12.8. The number of nitrogens with zero attached hydrogens (tertiary/aromatic N) is 5. The molecule has 0 unspecified atom stereocenters. The van der Waals surface area contributed by atoms with Gasteiger partial charge in [0.1, 0.15) is 23.1 Å². The maximum absolute atomic E-state index is 13.3. The maximum Gasteiger partial charge on any atom is 0.410 e. The molecule has 2 aliphatic heterocycles. The van der Waals surface area contributed by atoms with Crippen LogP contribution in [0.25, 0.3) is 11.5 Å². The Morgan fingerprint density at radius 2 is 1.97 bits per heavy atom. The normalized spacial score (nSPS) is 14.6. The van der Waals surface area contributed by atoms with Gasteiger partial charge in [-0.3, -0.25) is 4.79 Å². The Kier molecular flexibility index (Phi) is 6.35. The fourth-order valence-electron chi connectivity index (χ4n) is 4.61. The van der Waals surface area contributed by atoms with Crippen molar-refractivity contribution in [1.29, 1.82) is 0 Å².